The van der Waals surface area contributed by atoms with E-state index in [1.54, 1.807) is 19.9 Å². The largest absolute Gasteiger partial charge is 0.478 e. The average molecular weight is 307 g/mol. The monoisotopic (exact) mass is 307 g/mol. The van der Waals surface area contributed by atoms with Crippen molar-refractivity contribution >= 4 is 21.9 Å². The predicted octanol–water partition coefficient (Wildman–Crippen LogP) is 1.59. The first kappa shape index (κ1) is 14.9. The van der Waals surface area contributed by atoms with Gasteiger partial charge in [0.15, 0.2) is 0 Å². The van der Waals surface area contributed by atoms with E-state index in [2.05, 4.69) is 14.7 Å². The van der Waals surface area contributed by atoms with Gasteiger partial charge < -0.3 is 5.11 Å². The number of rotatable bonds is 4. The minimum absolute atomic E-state index is 0.0901. The van der Waals surface area contributed by atoms with Gasteiger partial charge in [-0.1, -0.05) is 12.1 Å². The lowest BCUT2D eigenvalue weighted by Crippen LogP contribution is -2.18. The van der Waals surface area contributed by atoms with Crippen LogP contribution in [0.2, 0.25) is 0 Å². The normalized spacial score (nSPS) is 11.1. The van der Waals surface area contributed by atoms with Crippen LogP contribution in [0.3, 0.4) is 0 Å². The van der Waals surface area contributed by atoms with Gasteiger partial charge in [-0.05, 0) is 32.0 Å². The summed E-state index contributed by atoms with van der Waals surface area (Å²) in [6, 6.07) is 7.04. The first-order valence-electron chi connectivity index (χ1n) is 5.97. The van der Waals surface area contributed by atoms with Crippen molar-refractivity contribution in [3.63, 3.8) is 0 Å². The Kier molecular flexibility index (Phi) is 3.90. The molecule has 0 radical (unpaired) electrons. The van der Waals surface area contributed by atoms with E-state index in [-0.39, 0.29) is 16.4 Å². The van der Waals surface area contributed by atoms with Crippen LogP contribution in [0, 0.1) is 13.8 Å². The third kappa shape index (κ3) is 3.34. The van der Waals surface area contributed by atoms with Crippen molar-refractivity contribution in [2.24, 2.45) is 0 Å². The van der Waals surface area contributed by atoms with Crippen molar-refractivity contribution in [1.29, 1.82) is 0 Å². The second-order valence-electron chi connectivity index (χ2n) is 4.38. The van der Waals surface area contributed by atoms with Gasteiger partial charge in [0.2, 0.25) is 5.95 Å². The highest BCUT2D eigenvalue weighted by molar-refractivity contribution is 7.92. The van der Waals surface area contributed by atoms with Gasteiger partial charge in [-0.2, -0.15) is 0 Å². The molecule has 0 saturated heterocycles. The average Bonchev–Trinajstić information content (AvgIpc) is 2.36. The van der Waals surface area contributed by atoms with Crippen molar-refractivity contribution in [1.82, 2.24) is 9.97 Å². The molecule has 0 aliphatic heterocycles. The fourth-order valence-electron chi connectivity index (χ4n) is 1.82. The maximum atomic E-state index is 12.3. The van der Waals surface area contributed by atoms with Gasteiger partial charge in [0.25, 0.3) is 10.0 Å². The summed E-state index contributed by atoms with van der Waals surface area (Å²) in [7, 11) is -4.08. The third-order valence-corrected chi connectivity index (χ3v) is 4.00. The molecule has 0 amide bonds. The van der Waals surface area contributed by atoms with E-state index in [4.69, 9.17) is 5.11 Å². The molecule has 2 aromatic rings. The molecule has 1 heterocycles. The first-order valence-corrected chi connectivity index (χ1v) is 7.45. The number of sulfonamides is 1. The van der Waals surface area contributed by atoms with Crippen LogP contribution in [0.1, 0.15) is 21.7 Å². The topological polar surface area (TPSA) is 109 Å². The summed E-state index contributed by atoms with van der Waals surface area (Å²) < 4.78 is 26.8. The molecule has 1 aromatic heterocycles. The molecule has 21 heavy (non-hydrogen) atoms. The molecule has 7 nitrogen and oxygen atoms in total. The van der Waals surface area contributed by atoms with Crippen molar-refractivity contribution in [3.8, 4) is 0 Å². The van der Waals surface area contributed by atoms with Crippen LogP contribution in [-0.4, -0.2) is 29.5 Å². The Morgan fingerprint density at radius 3 is 2.29 bits per heavy atom. The summed E-state index contributed by atoms with van der Waals surface area (Å²) in [5.41, 5.74) is 0.896. The molecule has 0 unspecified atom stereocenters. The van der Waals surface area contributed by atoms with E-state index in [0.717, 1.165) is 0 Å². The molecule has 2 rings (SSSR count). The number of carboxylic acids is 1. The molecule has 0 atom stereocenters. The van der Waals surface area contributed by atoms with Crippen molar-refractivity contribution in [2.45, 2.75) is 18.7 Å². The maximum absolute atomic E-state index is 12.3. The summed E-state index contributed by atoms with van der Waals surface area (Å²) in [5, 5.41) is 9.06. The highest BCUT2D eigenvalue weighted by Gasteiger charge is 2.22. The quantitative estimate of drug-likeness (QED) is 0.887. The van der Waals surface area contributed by atoms with Crippen LogP contribution in [0.15, 0.2) is 35.2 Å². The van der Waals surface area contributed by atoms with Crippen LogP contribution >= 0.6 is 0 Å². The number of hydrogen-bond donors (Lipinski definition) is 2. The number of anilines is 1. The van der Waals surface area contributed by atoms with Crippen LogP contribution in [0.25, 0.3) is 0 Å². The molecule has 1 aromatic carbocycles. The molecule has 0 bridgehead atoms. The first-order chi connectivity index (χ1) is 9.79. The van der Waals surface area contributed by atoms with E-state index in [1.807, 2.05) is 0 Å². The highest BCUT2D eigenvalue weighted by atomic mass is 32.2. The van der Waals surface area contributed by atoms with Gasteiger partial charge in [0.1, 0.15) is 4.90 Å². The number of hydrogen-bond acceptors (Lipinski definition) is 5. The van der Waals surface area contributed by atoms with E-state index >= 15 is 0 Å². The smallest absolute Gasteiger partial charge is 0.337 e. The van der Waals surface area contributed by atoms with Crippen molar-refractivity contribution in [2.75, 3.05) is 4.72 Å². The Morgan fingerprint density at radius 1 is 1.14 bits per heavy atom. The van der Waals surface area contributed by atoms with Gasteiger partial charge in [-0.3, -0.25) is 0 Å². The number of aromatic nitrogens is 2. The summed E-state index contributed by atoms with van der Waals surface area (Å²) in [5.74, 6) is -1.41. The van der Waals surface area contributed by atoms with Gasteiger partial charge in [-0.15, -0.1) is 0 Å². The summed E-state index contributed by atoms with van der Waals surface area (Å²) in [4.78, 5) is 18.7. The zero-order valence-corrected chi connectivity index (χ0v) is 12.2. The molecule has 0 aliphatic rings. The lowest BCUT2D eigenvalue weighted by Gasteiger charge is -2.09. The Hall–Kier alpha value is -2.48. The van der Waals surface area contributed by atoms with Gasteiger partial charge >= 0.3 is 5.97 Å². The van der Waals surface area contributed by atoms with E-state index in [9.17, 15) is 13.2 Å². The SMILES string of the molecule is Cc1cc(C)nc(NS(=O)(=O)c2ccccc2C(=O)O)n1. The lowest BCUT2D eigenvalue weighted by molar-refractivity contribution is 0.0692. The van der Waals surface area contributed by atoms with Crippen molar-refractivity contribution < 1.29 is 18.3 Å². The molecule has 8 heteroatoms. The number of nitrogens with one attached hydrogen (secondary N) is 1. The number of carboxylic acid groups (broad SMARTS) is 1. The molecule has 0 aliphatic carbocycles. The fraction of sp³-hybridized carbons (Fsp3) is 0.154. The summed E-state index contributed by atoms with van der Waals surface area (Å²) in [6.45, 7) is 3.41. The zero-order chi connectivity index (χ0) is 15.6. The second-order valence-corrected chi connectivity index (χ2v) is 6.03. The van der Waals surface area contributed by atoms with Crippen LogP contribution in [0.4, 0.5) is 5.95 Å². The van der Waals surface area contributed by atoms with Crippen LogP contribution in [0.5, 0.6) is 0 Å². The highest BCUT2D eigenvalue weighted by Crippen LogP contribution is 2.18. The second kappa shape index (κ2) is 5.49. The standard InChI is InChI=1S/C13H13N3O4S/c1-8-7-9(2)15-13(14-8)16-21(19,20)11-6-4-3-5-10(11)12(17)18/h3-7H,1-2H3,(H,17,18)(H,14,15,16). The Balaban J connectivity index is 2.46. The Labute approximate surface area is 121 Å². The molecular weight excluding hydrogens is 294 g/mol. The molecule has 110 valence electrons. The van der Waals surface area contributed by atoms with Crippen LogP contribution < -0.4 is 4.72 Å². The zero-order valence-electron chi connectivity index (χ0n) is 11.4. The number of benzene rings is 1. The molecular formula is C13H13N3O4S. The third-order valence-electron chi connectivity index (χ3n) is 2.61. The summed E-state index contributed by atoms with van der Waals surface area (Å²) >= 11 is 0. The molecule has 0 fully saturated rings. The van der Waals surface area contributed by atoms with E-state index < -0.39 is 16.0 Å². The summed E-state index contributed by atoms with van der Waals surface area (Å²) in [6.07, 6.45) is 0. The molecule has 0 spiro atoms. The van der Waals surface area contributed by atoms with Gasteiger partial charge in [0.05, 0.1) is 5.56 Å². The minimum Gasteiger partial charge on any atom is -0.478 e. The number of aryl methyl sites for hydroxylation is 2. The van der Waals surface area contributed by atoms with E-state index in [0.29, 0.717) is 11.4 Å². The van der Waals surface area contributed by atoms with Crippen LogP contribution in [-0.2, 0) is 10.0 Å². The van der Waals surface area contributed by atoms with Crippen molar-refractivity contribution in [3.05, 3.63) is 47.3 Å². The maximum Gasteiger partial charge on any atom is 0.337 e. The lowest BCUT2D eigenvalue weighted by atomic mass is 10.2. The Morgan fingerprint density at radius 2 is 1.71 bits per heavy atom. The van der Waals surface area contributed by atoms with Gasteiger partial charge in [0, 0.05) is 11.4 Å². The van der Waals surface area contributed by atoms with Gasteiger partial charge in [-0.25, -0.2) is 27.9 Å². The predicted molar refractivity (Wildman–Crippen MR) is 75.7 cm³/mol. The Bertz CT molecular complexity index is 783. The number of nitrogens with zero attached hydrogens (tertiary/aromatic N) is 2. The molecule has 0 saturated carbocycles. The molecule has 2 N–H and O–H groups in total. The fourth-order valence-corrected chi connectivity index (χ4v) is 2.97. The number of aromatic carboxylic acids is 1. The number of carbonyl (C=O) groups is 1. The van der Waals surface area contributed by atoms with E-state index in [1.165, 1.54) is 24.3 Å². The minimum atomic E-state index is -4.08.